The molecule has 140 valence electrons. The lowest BCUT2D eigenvalue weighted by Crippen LogP contribution is -2.40. The third-order valence-electron chi connectivity index (χ3n) is 5.03. The predicted molar refractivity (Wildman–Crippen MR) is 109 cm³/mol. The normalized spacial score (nSPS) is 17.3. The quantitative estimate of drug-likeness (QED) is 0.699. The van der Waals surface area contributed by atoms with Crippen LogP contribution in [0.4, 0.5) is 15.2 Å². The number of thiazole rings is 1. The highest BCUT2D eigenvalue weighted by atomic mass is 32.1. The molecule has 1 aliphatic heterocycles. The number of fused-ring (bicyclic) bond motifs is 1. The number of hydrogen-bond donors (Lipinski definition) is 1. The van der Waals surface area contributed by atoms with E-state index in [0.29, 0.717) is 17.8 Å². The van der Waals surface area contributed by atoms with Gasteiger partial charge in [0.15, 0.2) is 5.13 Å². The van der Waals surface area contributed by atoms with Crippen LogP contribution >= 0.6 is 11.3 Å². The van der Waals surface area contributed by atoms with Gasteiger partial charge in [-0.3, -0.25) is 4.79 Å². The van der Waals surface area contributed by atoms with Crippen molar-refractivity contribution in [3.05, 3.63) is 53.3 Å². The molecule has 1 fully saturated rings. The van der Waals surface area contributed by atoms with Gasteiger partial charge in [-0.2, -0.15) is 0 Å². The summed E-state index contributed by atoms with van der Waals surface area (Å²) in [7, 11) is 0. The molecule has 27 heavy (non-hydrogen) atoms. The van der Waals surface area contributed by atoms with Gasteiger partial charge in [-0.1, -0.05) is 23.5 Å². The van der Waals surface area contributed by atoms with E-state index in [0.717, 1.165) is 30.0 Å². The lowest BCUT2D eigenvalue weighted by molar-refractivity contribution is -0.120. The third kappa shape index (κ3) is 3.81. The van der Waals surface area contributed by atoms with Crippen molar-refractivity contribution in [2.45, 2.75) is 26.7 Å². The van der Waals surface area contributed by atoms with E-state index in [1.165, 1.54) is 16.3 Å². The van der Waals surface area contributed by atoms with Crippen LogP contribution in [0.1, 0.15) is 24.0 Å². The van der Waals surface area contributed by atoms with Crippen molar-refractivity contribution < 1.29 is 9.18 Å². The highest BCUT2D eigenvalue weighted by Crippen LogP contribution is 2.32. The molecule has 6 heteroatoms. The summed E-state index contributed by atoms with van der Waals surface area (Å²) >= 11 is 1.67. The van der Waals surface area contributed by atoms with E-state index in [4.69, 9.17) is 4.98 Å². The summed E-state index contributed by atoms with van der Waals surface area (Å²) in [5, 5.41) is 3.83. The average Bonchev–Trinajstić information content (AvgIpc) is 3.08. The van der Waals surface area contributed by atoms with E-state index in [2.05, 4.69) is 29.3 Å². The van der Waals surface area contributed by atoms with E-state index in [9.17, 15) is 9.18 Å². The van der Waals surface area contributed by atoms with E-state index >= 15 is 0 Å². The predicted octanol–water partition coefficient (Wildman–Crippen LogP) is 4.91. The summed E-state index contributed by atoms with van der Waals surface area (Å²) in [4.78, 5) is 19.6. The van der Waals surface area contributed by atoms with Crippen molar-refractivity contribution in [3.63, 3.8) is 0 Å². The van der Waals surface area contributed by atoms with Gasteiger partial charge in [0.25, 0.3) is 0 Å². The van der Waals surface area contributed by atoms with Crippen LogP contribution in [0, 0.1) is 25.6 Å². The van der Waals surface area contributed by atoms with Crippen molar-refractivity contribution in [2.24, 2.45) is 5.92 Å². The van der Waals surface area contributed by atoms with Crippen LogP contribution in [0.25, 0.3) is 10.2 Å². The van der Waals surface area contributed by atoms with Crippen molar-refractivity contribution in [3.8, 4) is 0 Å². The van der Waals surface area contributed by atoms with Gasteiger partial charge in [-0.05, 0) is 62.1 Å². The molecular weight excluding hydrogens is 361 g/mol. The molecule has 1 saturated heterocycles. The Bertz CT molecular complexity index is 1000. The van der Waals surface area contributed by atoms with Crippen LogP contribution in [-0.2, 0) is 4.79 Å². The Balaban J connectivity index is 1.48. The summed E-state index contributed by atoms with van der Waals surface area (Å²) in [6.45, 7) is 5.33. The van der Waals surface area contributed by atoms with Gasteiger partial charge in [0.05, 0.1) is 16.1 Å². The van der Waals surface area contributed by atoms with Crippen molar-refractivity contribution in [2.75, 3.05) is 23.3 Å². The second-order valence-corrected chi connectivity index (χ2v) is 8.22. The van der Waals surface area contributed by atoms with Crippen LogP contribution in [0.2, 0.25) is 0 Å². The van der Waals surface area contributed by atoms with Crippen molar-refractivity contribution in [1.29, 1.82) is 0 Å². The maximum Gasteiger partial charge on any atom is 0.229 e. The highest BCUT2D eigenvalue weighted by Gasteiger charge is 2.27. The number of anilines is 2. The van der Waals surface area contributed by atoms with Gasteiger partial charge in [0.1, 0.15) is 5.82 Å². The number of nitrogens with zero attached hydrogens (tertiary/aromatic N) is 2. The van der Waals surface area contributed by atoms with Crippen LogP contribution in [-0.4, -0.2) is 24.0 Å². The topological polar surface area (TPSA) is 45.2 Å². The molecule has 3 aromatic rings. The lowest BCUT2D eigenvalue weighted by atomic mass is 9.97. The molecule has 1 unspecified atom stereocenters. The fourth-order valence-corrected chi connectivity index (χ4v) is 4.53. The lowest BCUT2D eigenvalue weighted by Gasteiger charge is -2.31. The highest BCUT2D eigenvalue weighted by molar-refractivity contribution is 7.22. The number of piperidine rings is 1. The first-order valence-corrected chi connectivity index (χ1v) is 10.0. The number of benzene rings is 2. The molecule has 1 atom stereocenters. The van der Waals surface area contributed by atoms with Crippen LogP contribution in [0.3, 0.4) is 0 Å². The number of aromatic nitrogens is 1. The Kier molecular flexibility index (Phi) is 4.83. The fraction of sp³-hybridized carbons (Fsp3) is 0.333. The summed E-state index contributed by atoms with van der Waals surface area (Å²) in [6.07, 6.45) is 1.77. The number of carbonyl (C=O) groups is 1. The molecule has 1 aliphatic rings. The SMILES string of the molecule is Cc1ccc2nc(N3CCCC(C(=O)Nc4ccc(C)c(F)c4)C3)sc2c1. The number of rotatable bonds is 3. The van der Waals surface area contributed by atoms with Gasteiger partial charge < -0.3 is 10.2 Å². The average molecular weight is 383 g/mol. The Morgan fingerprint density at radius 2 is 2.11 bits per heavy atom. The van der Waals surface area contributed by atoms with Crippen LogP contribution in [0.5, 0.6) is 0 Å². The molecule has 0 spiro atoms. The molecule has 0 aliphatic carbocycles. The minimum absolute atomic E-state index is 0.0556. The first-order chi connectivity index (χ1) is 13.0. The molecule has 1 N–H and O–H groups in total. The van der Waals surface area contributed by atoms with E-state index in [1.54, 1.807) is 30.4 Å². The van der Waals surface area contributed by atoms with Crippen molar-refractivity contribution in [1.82, 2.24) is 4.98 Å². The Labute approximate surface area is 162 Å². The number of nitrogens with one attached hydrogen (secondary N) is 1. The Morgan fingerprint density at radius 3 is 2.93 bits per heavy atom. The number of aryl methyl sites for hydroxylation is 2. The summed E-state index contributed by atoms with van der Waals surface area (Å²) in [6, 6.07) is 11.1. The van der Waals surface area contributed by atoms with Crippen molar-refractivity contribution >= 4 is 38.3 Å². The van der Waals surface area contributed by atoms with E-state index < -0.39 is 0 Å². The number of carbonyl (C=O) groups excluding carboxylic acids is 1. The molecule has 2 heterocycles. The molecule has 4 rings (SSSR count). The maximum absolute atomic E-state index is 13.7. The van der Waals surface area contributed by atoms with Gasteiger partial charge in [0.2, 0.25) is 5.91 Å². The molecule has 2 aromatic carbocycles. The first-order valence-electron chi connectivity index (χ1n) is 9.19. The minimum atomic E-state index is -0.303. The zero-order valence-electron chi connectivity index (χ0n) is 15.5. The number of amides is 1. The monoisotopic (exact) mass is 383 g/mol. The fourth-order valence-electron chi connectivity index (χ4n) is 3.43. The van der Waals surface area contributed by atoms with Crippen LogP contribution < -0.4 is 10.2 Å². The third-order valence-corrected chi connectivity index (χ3v) is 6.11. The second-order valence-electron chi connectivity index (χ2n) is 7.21. The van der Waals surface area contributed by atoms with Gasteiger partial charge in [-0.25, -0.2) is 9.37 Å². The maximum atomic E-state index is 13.7. The molecule has 0 radical (unpaired) electrons. The summed E-state index contributed by atoms with van der Waals surface area (Å²) in [5.41, 5.74) is 3.31. The zero-order chi connectivity index (χ0) is 19.0. The second kappa shape index (κ2) is 7.27. The van der Waals surface area contributed by atoms with Gasteiger partial charge in [-0.15, -0.1) is 0 Å². The molecule has 4 nitrogen and oxygen atoms in total. The summed E-state index contributed by atoms with van der Waals surface area (Å²) < 4.78 is 14.9. The standard InChI is InChI=1S/C21H22FN3OS/c1-13-5-8-18-19(10-13)27-21(24-18)25-9-3-4-15(12-25)20(26)23-16-7-6-14(2)17(22)11-16/h5-8,10-11,15H,3-4,9,12H2,1-2H3,(H,23,26). The summed E-state index contributed by atoms with van der Waals surface area (Å²) in [5.74, 6) is -0.486. The Morgan fingerprint density at radius 1 is 1.26 bits per heavy atom. The molecule has 0 saturated carbocycles. The van der Waals surface area contributed by atoms with Gasteiger partial charge in [0, 0.05) is 18.8 Å². The smallest absolute Gasteiger partial charge is 0.229 e. The molecular formula is C21H22FN3OS. The van der Waals surface area contributed by atoms with E-state index in [1.807, 2.05) is 6.07 Å². The Hall–Kier alpha value is -2.47. The molecule has 1 amide bonds. The minimum Gasteiger partial charge on any atom is -0.347 e. The molecule has 1 aromatic heterocycles. The number of halogens is 1. The van der Waals surface area contributed by atoms with Gasteiger partial charge >= 0.3 is 0 Å². The largest absolute Gasteiger partial charge is 0.347 e. The van der Waals surface area contributed by atoms with Crippen LogP contribution in [0.15, 0.2) is 36.4 Å². The zero-order valence-corrected chi connectivity index (χ0v) is 16.3. The van der Waals surface area contributed by atoms with E-state index in [-0.39, 0.29) is 17.6 Å². The first kappa shape index (κ1) is 17.9. The number of hydrogen-bond acceptors (Lipinski definition) is 4. The molecule has 0 bridgehead atoms.